The molecule has 2 aliphatic heterocycles. The van der Waals surface area contributed by atoms with Gasteiger partial charge in [0.05, 0.1) is 0 Å². The smallest absolute Gasteiger partial charge is 0.0368 e. The summed E-state index contributed by atoms with van der Waals surface area (Å²) >= 11 is 0. The third-order valence-electron chi connectivity index (χ3n) is 4.40. The van der Waals surface area contributed by atoms with E-state index in [9.17, 15) is 0 Å². The number of fused-ring (bicyclic) bond motifs is 2. The summed E-state index contributed by atoms with van der Waals surface area (Å²) in [6.45, 7) is 2.17. The number of aryl methyl sites for hydroxylation is 1. The van der Waals surface area contributed by atoms with Gasteiger partial charge in [-0.1, -0.05) is 12.1 Å². The van der Waals surface area contributed by atoms with Crippen LogP contribution in [0.2, 0.25) is 0 Å². The molecule has 0 amide bonds. The van der Waals surface area contributed by atoms with Gasteiger partial charge in [0, 0.05) is 30.9 Å². The molecule has 0 saturated carbocycles. The molecule has 3 rings (SSSR count). The molecule has 0 aliphatic carbocycles. The van der Waals surface area contributed by atoms with Gasteiger partial charge < -0.3 is 10.2 Å². The molecule has 2 saturated heterocycles. The van der Waals surface area contributed by atoms with Gasteiger partial charge in [-0.05, 0) is 50.3 Å². The minimum Gasteiger partial charge on any atom is -0.371 e. The van der Waals surface area contributed by atoms with Crippen molar-refractivity contribution in [3.05, 3.63) is 29.8 Å². The summed E-state index contributed by atoms with van der Waals surface area (Å²) < 4.78 is 0. The second-order valence-corrected chi connectivity index (χ2v) is 5.71. The van der Waals surface area contributed by atoms with E-state index in [1.165, 1.54) is 36.9 Å². The zero-order valence-corrected chi connectivity index (χ0v) is 10.8. The predicted molar refractivity (Wildman–Crippen MR) is 72.5 cm³/mol. The van der Waals surface area contributed by atoms with Crippen molar-refractivity contribution in [2.75, 3.05) is 11.9 Å². The molecular weight excluding hydrogens is 208 g/mol. The Morgan fingerprint density at radius 1 is 1.18 bits per heavy atom. The Balaban J connectivity index is 1.76. The van der Waals surface area contributed by atoms with Crippen molar-refractivity contribution in [1.29, 1.82) is 0 Å². The average molecular weight is 230 g/mol. The topological polar surface area (TPSA) is 15.3 Å². The molecule has 2 aliphatic rings. The molecule has 2 fully saturated rings. The van der Waals surface area contributed by atoms with E-state index in [0.29, 0.717) is 0 Å². The first-order valence-corrected chi connectivity index (χ1v) is 6.78. The summed E-state index contributed by atoms with van der Waals surface area (Å²) in [5, 5.41) is 3.71. The molecule has 1 aromatic carbocycles. The fraction of sp³-hybridized carbons (Fsp3) is 0.600. The van der Waals surface area contributed by atoms with Crippen LogP contribution >= 0.6 is 0 Å². The second-order valence-electron chi connectivity index (χ2n) is 5.71. The predicted octanol–water partition coefficient (Wildman–Crippen LogP) is 2.71. The third-order valence-corrected chi connectivity index (χ3v) is 4.40. The Morgan fingerprint density at radius 3 is 2.53 bits per heavy atom. The van der Waals surface area contributed by atoms with Crippen LogP contribution in [0.5, 0.6) is 0 Å². The molecule has 1 aromatic rings. The number of nitrogens with zero attached hydrogens (tertiary/aromatic N) is 1. The fourth-order valence-electron chi connectivity index (χ4n) is 3.40. The van der Waals surface area contributed by atoms with Gasteiger partial charge >= 0.3 is 0 Å². The molecule has 1 N–H and O–H groups in total. The second kappa shape index (κ2) is 4.34. The van der Waals surface area contributed by atoms with Crippen molar-refractivity contribution in [2.24, 2.45) is 0 Å². The van der Waals surface area contributed by atoms with E-state index in [1.807, 2.05) is 0 Å². The maximum Gasteiger partial charge on any atom is 0.0368 e. The third kappa shape index (κ3) is 2.19. The van der Waals surface area contributed by atoms with Crippen LogP contribution in [0.4, 0.5) is 5.69 Å². The molecule has 2 unspecified atom stereocenters. The Labute approximate surface area is 104 Å². The first-order chi connectivity index (χ1) is 8.22. The summed E-state index contributed by atoms with van der Waals surface area (Å²) in [7, 11) is 2.25. The fourth-order valence-corrected chi connectivity index (χ4v) is 3.40. The van der Waals surface area contributed by atoms with Gasteiger partial charge in [0.1, 0.15) is 0 Å². The highest BCUT2D eigenvalue weighted by atomic mass is 15.2. The van der Waals surface area contributed by atoms with Gasteiger partial charge in [-0.2, -0.15) is 0 Å². The van der Waals surface area contributed by atoms with Crippen LogP contribution in [-0.2, 0) is 0 Å². The van der Waals surface area contributed by atoms with Crippen LogP contribution in [0.25, 0.3) is 0 Å². The summed E-state index contributed by atoms with van der Waals surface area (Å²) in [6.07, 6.45) is 5.37. The van der Waals surface area contributed by atoms with Gasteiger partial charge in [-0.25, -0.2) is 0 Å². The van der Waals surface area contributed by atoms with Crippen LogP contribution in [-0.4, -0.2) is 25.2 Å². The largest absolute Gasteiger partial charge is 0.371 e. The molecule has 2 heteroatoms. The molecule has 92 valence electrons. The molecule has 17 heavy (non-hydrogen) atoms. The van der Waals surface area contributed by atoms with Crippen molar-refractivity contribution in [1.82, 2.24) is 5.32 Å². The van der Waals surface area contributed by atoms with E-state index in [2.05, 4.69) is 48.5 Å². The Kier molecular flexibility index (Phi) is 2.83. The normalized spacial score (nSPS) is 31.5. The molecule has 2 heterocycles. The highest BCUT2D eigenvalue weighted by Crippen LogP contribution is 2.31. The van der Waals surface area contributed by atoms with Gasteiger partial charge in [0.25, 0.3) is 0 Å². The molecule has 2 atom stereocenters. The van der Waals surface area contributed by atoms with Crippen LogP contribution in [0.3, 0.4) is 0 Å². The lowest BCUT2D eigenvalue weighted by Gasteiger charge is -2.37. The molecule has 2 nitrogen and oxygen atoms in total. The lowest BCUT2D eigenvalue weighted by atomic mass is 9.98. The first-order valence-electron chi connectivity index (χ1n) is 6.78. The maximum absolute atomic E-state index is 3.71. The van der Waals surface area contributed by atoms with Gasteiger partial charge in [0.2, 0.25) is 0 Å². The number of benzene rings is 1. The SMILES string of the molecule is Cc1cccc(N(C)C2CC3CCC(C2)N3)c1. The number of rotatable bonds is 2. The molecule has 2 bridgehead atoms. The lowest BCUT2D eigenvalue weighted by Crippen LogP contribution is -2.47. The van der Waals surface area contributed by atoms with E-state index in [1.54, 1.807) is 0 Å². The quantitative estimate of drug-likeness (QED) is 0.840. The minimum atomic E-state index is 0.718. The van der Waals surface area contributed by atoms with E-state index >= 15 is 0 Å². The standard InChI is InChI=1S/C15H22N2/c1-11-4-3-5-14(8-11)17(2)15-9-12-6-7-13(10-15)16-12/h3-5,8,12-13,15-16H,6-7,9-10H2,1-2H3. The maximum atomic E-state index is 3.71. The van der Waals surface area contributed by atoms with E-state index in [-0.39, 0.29) is 0 Å². The molecule has 0 aromatic heterocycles. The van der Waals surface area contributed by atoms with E-state index in [0.717, 1.165) is 18.1 Å². The van der Waals surface area contributed by atoms with Crippen molar-refractivity contribution in [2.45, 2.75) is 50.7 Å². The van der Waals surface area contributed by atoms with E-state index in [4.69, 9.17) is 0 Å². The number of hydrogen-bond acceptors (Lipinski definition) is 2. The summed E-state index contributed by atoms with van der Waals surface area (Å²) in [4.78, 5) is 2.49. The van der Waals surface area contributed by atoms with E-state index < -0.39 is 0 Å². The van der Waals surface area contributed by atoms with Gasteiger partial charge in [-0.15, -0.1) is 0 Å². The van der Waals surface area contributed by atoms with Crippen LogP contribution in [0.1, 0.15) is 31.2 Å². The number of nitrogens with one attached hydrogen (secondary N) is 1. The zero-order valence-electron chi connectivity index (χ0n) is 10.8. The van der Waals surface area contributed by atoms with Crippen LogP contribution < -0.4 is 10.2 Å². The Hall–Kier alpha value is -1.02. The minimum absolute atomic E-state index is 0.718. The van der Waals surface area contributed by atoms with Gasteiger partial charge in [-0.3, -0.25) is 0 Å². The first kappa shape index (κ1) is 11.1. The summed E-state index contributed by atoms with van der Waals surface area (Å²) in [6, 6.07) is 11.1. The lowest BCUT2D eigenvalue weighted by molar-refractivity contribution is 0.355. The van der Waals surface area contributed by atoms with Crippen molar-refractivity contribution >= 4 is 5.69 Å². The monoisotopic (exact) mass is 230 g/mol. The number of anilines is 1. The van der Waals surface area contributed by atoms with Gasteiger partial charge in [0.15, 0.2) is 0 Å². The Bertz CT molecular complexity index is 390. The highest BCUT2D eigenvalue weighted by molar-refractivity contribution is 5.48. The Morgan fingerprint density at radius 2 is 1.88 bits per heavy atom. The molecular formula is C15H22N2. The van der Waals surface area contributed by atoms with Crippen LogP contribution in [0, 0.1) is 6.92 Å². The zero-order chi connectivity index (χ0) is 11.8. The number of piperidine rings is 1. The van der Waals surface area contributed by atoms with Crippen molar-refractivity contribution in [3.8, 4) is 0 Å². The van der Waals surface area contributed by atoms with Crippen LogP contribution in [0.15, 0.2) is 24.3 Å². The summed E-state index contributed by atoms with van der Waals surface area (Å²) in [5.74, 6) is 0. The average Bonchev–Trinajstić information content (AvgIpc) is 2.67. The molecule has 0 spiro atoms. The van der Waals surface area contributed by atoms with Crippen molar-refractivity contribution < 1.29 is 0 Å². The number of hydrogen-bond donors (Lipinski definition) is 1. The molecule has 0 radical (unpaired) electrons. The highest BCUT2D eigenvalue weighted by Gasteiger charge is 2.35. The summed E-state index contributed by atoms with van der Waals surface area (Å²) in [5.41, 5.74) is 2.72. The van der Waals surface area contributed by atoms with Crippen molar-refractivity contribution in [3.63, 3.8) is 0 Å².